The fourth-order valence-electron chi connectivity index (χ4n) is 0.905. The Kier molecular flexibility index (Phi) is 7.16. The van der Waals surface area contributed by atoms with Gasteiger partial charge < -0.3 is 4.90 Å². The van der Waals surface area contributed by atoms with E-state index in [1.54, 1.807) is 7.05 Å². The van der Waals surface area contributed by atoms with Crippen LogP contribution in [0.15, 0.2) is 4.99 Å². The van der Waals surface area contributed by atoms with Crippen LogP contribution in [0.3, 0.4) is 0 Å². The number of alkyl halides is 2. The van der Waals surface area contributed by atoms with E-state index in [0.717, 1.165) is 18.8 Å². The maximum Gasteiger partial charge on any atom is 0.113 e. The molecule has 0 atom stereocenters. The largest absolute Gasteiger partial charge is 0.362 e. The van der Waals surface area contributed by atoms with Gasteiger partial charge in [-0.2, -0.15) is 0 Å². The second-order valence-electron chi connectivity index (χ2n) is 2.59. The number of hydrogen-bond donors (Lipinski definition) is 0. The molecule has 0 heterocycles. The van der Waals surface area contributed by atoms with Crippen molar-refractivity contribution in [3.63, 3.8) is 0 Å². The van der Waals surface area contributed by atoms with E-state index < -0.39 is 0 Å². The Labute approximate surface area is 78.4 Å². The number of rotatable bonds is 5. The molecule has 0 aliphatic rings. The summed E-state index contributed by atoms with van der Waals surface area (Å²) in [4.78, 5) is 5.96. The Bertz CT molecular complexity index is 139. The van der Waals surface area contributed by atoms with Crippen molar-refractivity contribution in [2.45, 2.75) is 12.8 Å². The van der Waals surface area contributed by atoms with Crippen molar-refractivity contribution in [3.05, 3.63) is 0 Å². The zero-order chi connectivity index (χ0) is 9.40. The predicted molar refractivity (Wildman–Crippen MR) is 51.9 cm³/mol. The topological polar surface area (TPSA) is 15.6 Å². The van der Waals surface area contributed by atoms with Crippen molar-refractivity contribution in [2.75, 3.05) is 33.2 Å². The quantitative estimate of drug-likeness (QED) is 0.283. The van der Waals surface area contributed by atoms with Crippen LogP contribution in [0.4, 0.5) is 4.39 Å². The van der Waals surface area contributed by atoms with Gasteiger partial charge in [-0.3, -0.25) is 9.38 Å². The van der Waals surface area contributed by atoms with Crippen molar-refractivity contribution < 1.29 is 4.39 Å². The van der Waals surface area contributed by atoms with Crippen LogP contribution < -0.4 is 0 Å². The first-order valence-electron chi connectivity index (χ1n) is 4.05. The lowest BCUT2D eigenvalue weighted by Gasteiger charge is -2.18. The van der Waals surface area contributed by atoms with E-state index in [1.165, 1.54) is 0 Å². The van der Waals surface area contributed by atoms with Crippen LogP contribution in [-0.4, -0.2) is 43.9 Å². The Morgan fingerprint density at radius 2 is 2.17 bits per heavy atom. The van der Waals surface area contributed by atoms with Crippen LogP contribution in [0, 0.1) is 0 Å². The van der Waals surface area contributed by atoms with Gasteiger partial charge in [-0.05, 0) is 12.8 Å². The molecular weight excluding hydrogens is 179 g/mol. The lowest BCUT2D eigenvalue weighted by atomic mass is 10.3. The molecule has 0 aromatic rings. The molecular formula is C8H16ClFN2. The van der Waals surface area contributed by atoms with Gasteiger partial charge in [0.1, 0.15) is 5.84 Å². The third-order valence-electron chi connectivity index (χ3n) is 1.70. The normalized spacial score (nSPS) is 11.8. The Balaban J connectivity index is 3.62. The van der Waals surface area contributed by atoms with Crippen molar-refractivity contribution in [1.29, 1.82) is 0 Å². The summed E-state index contributed by atoms with van der Waals surface area (Å²) >= 11 is 5.63. The highest BCUT2D eigenvalue weighted by Crippen LogP contribution is 1.96. The highest BCUT2D eigenvalue weighted by molar-refractivity contribution is 6.28. The van der Waals surface area contributed by atoms with Crippen LogP contribution in [0.25, 0.3) is 0 Å². The number of nitrogens with zero attached hydrogens (tertiary/aromatic N) is 2. The minimum absolute atomic E-state index is 0.243. The van der Waals surface area contributed by atoms with Gasteiger partial charge in [-0.1, -0.05) is 0 Å². The summed E-state index contributed by atoms with van der Waals surface area (Å²) in [6.07, 6.45) is 1.46. The fraction of sp³-hybridized carbons (Fsp3) is 0.875. The minimum Gasteiger partial charge on any atom is -0.362 e. The number of amidine groups is 1. The zero-order valence-electron chi connectivity index (χ0n) is 7.69. The molecule has 0 aromatic heterocycles. The summed E-state index contributed by atoms with van der Waals surface area (Å²) < 4.78 is 11.7. The molecule has 0 aromatic carbocycles. The van der Waals surface area contributed by atoms with Crippen LogP contribution >= 0.6 is 11.6 Å². The molecule has 0 rings (SSSR count). The summed E-state index contributed by atoms with van der Waals surface area (Å²) in [7, 11) is 3.63. The molecule has 0 saturated heterocycles. The third-order valence-corrected chi connectivity index (χ3v) is 1.93. The Morgan fingerprint density at radius 3 is 2.58 bits per heavy atom. The summed E-state index contributed by atoms with van der Waals surface area (Å²) in [5.74, 6) is 1.28. The van der Waals surface area contributed by atoms with Crippen LogP contribution in [0.2, 0.25) is 0 Å². The van der Waals surface area contributed by atoms with E-state index >= 15 is 0 Å². The summed E-state index contributed by atoms with van der Waals surface area (Å²) in [6, 6.07) is 0. The lowest BCUT2D eigenvalue weighted by Crippen LogP contribution is -2.29. The third kappa shape index (κ3) is 4.54. The summed E-state index contributed by atoms with van der Waals surface area (Å²) in [6.45, 7) is 0.580. The maximum absolute atomic E-state index is 11.7. The first kappa shape index (κ1) is 11.7. The molecule has 0 spiro atoms. The van der Waals surface area contributed by atoms with Crippen molar-refractivity contribution in [2.24, 2.45) is 4.99 Å². The molecule has 0 unspecified atom stereocenters. The second-order valence-corrected chi connectivity index (χ2v) is 2.86. The van der Waals surface area contributed by atoms with Gasteiger partial charge in [0.25, 0.3) is 0 Å². The smallest absolute Gasteiger partial charge is 0.113 e. The standard InChI is InChI=1S/C8H16ClFN2/c1-11-8(7-9)12(2)6-4-3-5-10/h3-7H2,1-2H3. The molecule has 0 radical (unpaired) electrons. The van der Waals surface area contributed by atoms with E-state index in [9.17, 15) is 4.39 Å². The lowest BCUT2D eigenvalue weighted by molar-refractivity contribution is 0.419. The fourth-order valence-corrected chi connectivity index (χ4v) is 1.23. The van der Waals surface area contributed by atoms with E-state index in [0.29, 0.717) is 12.3 Å². The Morgan fingerprint density at radius 1 is 1.50 bits per heavy atom. The van der Waals surface area contributed by atoms with Crippen LogP contribution in [-0.2, 0) is 0 Å². The van der Waals surface area contributed by atoms with Gasteiger partial charge in [0.15, 0.2) is 0 Å². The first-order valence-corrected chi connectivity index (χ1v) is 4.58. The van der Waals surface area contributed by atoms with Crippen LogP contribution in [0.1, 0.15) is 12.8 Å². The van der Waals surface area contributed by atoms with Crippen LogP contribution in [0.5, 0.6) is 0 Å². The Hall–Kier alpha value is -0.310. The SMILES string of the molecule is CN=C(CCl)N(C)CCCCF. The molecule has 0 N–H and O–H groups in total. The number of halogens is 2. The van der Waals surface area contributed by atoms with Gasteiger partial charge in [-0.15, -0.1) is 11.6 Å². The van der Waals surface area contributed by atoms with Crippen molar-refractivity contribution in [1.82, 2.24) is 4.90 Å². The van der Waals surface area contributed by atoms with Gasteiger partial charge >= 0.3 is 0 Å². The van der Waals surface area contributed by atoms with Gasteiger partial charge in [0.05, 0.1) is 12.6 Å². The maximum atomic E-state index is 11.7. The average molecular weight is 195 g/mol. The molecule has 12 heavy (non-hydrogen) atoms. The summed E-state index contributed by atoms with van der Waals surface area (Å²) in [5.41, 5.74) is 0. The number of hydrogen-bond acceptors (Lipinski definition) is 1. The second kappa shape index (κ2) is 7.35. The van der Waals surface area contributed by atoms with Crippen molar-refractivity contribution in [3.8, 4) is 0 Å². The van der Waals surface area contributed by atoms with E-state index in [-0.39, 0.29) is 6.67 Å². The molecule has 4 heteroatoms. The van der Waals surface area contributed by atoms with E-state index in [4.69, 9.17) is 11.6 Å². The van der Waals surface area contributed by atoms with Gasteiger partial charge in [0, 0.05) is 20.6 Å². The highest BCUT2D eigenvalue weighted by Gasteiger charge is 2.02. The van der Waals surface area contributed by atoms with E-state index in [2.05, 4.69) is 4.99 Å². The van der Waals surface area contributed by atoms with Gasteiger partial charge in [-0.25, -0.2) is 0 Å². The summed E-state index contributed by atoms with van der Waals surface area (Å²) in [5, 5.41) is 0. The molecule has 0 aliphatic heterocycles. The molecule has 72 valence electrons. The molecule has 2 nitrogen and oxygen atoms in total. The molecule has 0 aliphatic carbocycles. The molecule has 0 bridgehead atoms. The van der Waals surface area contributed by atoms with Gasteiger partial charge in [0.2, 0.25) is 0 Å². The number of aliphatic imine (C=N–C) groups is 1. The monoisotopic (exact) mass is 194 g/mol. The highest BCUT2D eigenvalue weighted by atomic mass is 35.5. The molecule has 0 saturated carbocycles. The first-order chi connectivity index (χ1) is 5.76. The average Bonchev–Trinajstić information content (AvgIpc) is 2.07. The molecule has 0 amide bonds. The molecule has 0 fully saturated rings. The van der Waals surface area contributed by atoms with E-state index in [1.807, 2.05) is 11.9 Å². The predicted octanol–water partition coefficient (Wildman–Crippen LogP) is 1.94. The zero-order valence-corrected chi connectivity index (χ0v) is 8.44. The minimum atomic E-state index is -0.243. The number of unbranched alkanes of at least 4 members (excludes halogenated alkanes) is 1. The van der Waals surface area contributed by atoms with Crippen molar-refractivity contribution >= 4 is 17.4 Å².